The lowest BCUT2D eigenvalue weighted by molar-refractivity contribution is -0.130. The van der Waals surface area contributed by atoms with Crippen molar-refractivity contribution in [1.82, 2.24) is 20.1 Å². The number of ether oxygens (including phenoxy) is 2. The summed E-state index contributed by atoms with van der Waals surface area (Å²) in [5.41, 5.74) is 4.19. The molecule has 1 aromatic heterocycles. The lowest BCUT2D eigenvalue weighted by Gasteiger charge is -2.31. The number of para-hydroxylation sites is 1. The van der Waals surface area contributed by atoms with Gasteiger partial charge in [-0.05, 0) is 61.1 Å². The molecule has 6 rings (SSSR count). The summed E-state index contributed by atoms with van der Waals surface area (Å²) in [5.74, 6) is 0.235. The maximum absolute atomic E-state index is 12.9. The fourth-order valence-electron chi connectivity index (χ4n) is 7.44. The molecule has 1 aliphatic rings. The highest BCUT2D eigenvalue weighted by Gasteiger charge is 2.24. The van der Waals surface area contributed by atoms with Crippen molar-refractivity contribution in [3.05, 3.63) is 117 Å². The molecule has 0 spiro atoms. The number of phenols is 1. The number of hydrogen-bond acceptors (Lipinski definition) is 10. The third-order valence-corrected chi connectivity index (χ3v) is 11.1. The number of likely N-dealkylation sites (tertiary alicyclic amines) is 1. The van der Waals surface area contributed by atoms with Crippen LogP contribution in [0, 0.1) is 0 Å². The van der Waals surface area contributed by atoms with Gasteiger partial charge in [0, 0.05) is 87.8 Å². The van der Waals surface area contributed by atoms with Gasteiger partial charge in [0.25, 0.3) is 0 Å². The van der Waals surface area contributed by atoms with E-state index in [0.717, 1.165) is 24.2 Å². The fraction of sp³-hybridized carbons (Fsp3) is 0.348. The molecule has 6 N–H and O–H groups in total. The molecule has 0 aliphatic carbocycles. The quantitative estimate of drug-likeness (QED) is 0.0499. The number of halogens is 1. The lowest BCUT2D eigenvalue weighted by atomic mass is 10.0. The minimum absolute atomic E-state index is 0.0358. The Kier molecular flexibility index (Phi) is 15.8. The number of carbonyl (C=O) groups is 3. The first-order chi connectivity index (χ1) is 29.5. The molecule has 0 bridgehead atoms. The van der Waals surface area contributed by atoms with Gasteiger partial charge in [-0.3, -0.25) is 19.7 Å². The standard InChI is InChI=1S/C46H53ClN6O8/c1-52(44(58)21-25-53-23-19-32(20-24-53)61-46(59)50-37-13-7-6-12-33(37)30-10-4-3-5-11-30)22-9-8-14-42(56)49-38-27-41(60-2)31(26-36(38)47)28-48-29-40(55)34-15-17-39(54)45-35(34)16-18-43(57)51-45/h3-7,10-13,15-18,26-27,32,40,48,54-55H,8-9,14,19-25,28-29H2,1-2H3,(H,49,56)(H,50,59)(H,51,57)/t40-/m1/s1. The smallest absolute Gasteiger partial charge is 0.411 e. The Morgan fingerprint density at radius 1 is 0.934 bits per heavy atom. The molecule has 5 aromatic rings. The number of piperidine rings is 1. The molecule has 14 nitrogen and oxygen atoms in total. The number of rotatable bonds is 18. The van der Waals surface area contributed by atoms with Gasteiger partial charge in [0.15, 0.2) is 0 Å². The number of nitrogens with one attached hydrogen (secondary N) is 4. The topological polar surface area (TPSA) is 186 Å². The maximum Gasteiger partial charge on any atom is 0.411 e. The molecule has 3 amide bonds. The maximum atomic E-state index is 12.9. The number of nitrogens with zero attached hydrogens (tertiary/aromatic N) is 2. The van der Waals surface area contributed by atoms with Crippen molar-refractivity contribution in [2.45, 2.75) is 57.3 Å². The van der Waals surface area contributed by atoms with Crippen molar-refractivity contribution in [2.75, 3.05) is 57.5 Å². The lowest BCUT2D eigenvalue weighted by Crippen LogP contribution is -2.40. The Morgan fingerprint density at radius 3 is 2.46 bits per heavy atom. The molecule has 1 saturated heterocycles. The highest BCUT2D eigenvalue weighted by Crippen LogP contribution is 2.33. The summed E-state index contributed by atoms with van der Waals surface area (Å²) < 4.78 is 11.3. The largest absolute Gasteiger partial charge is 0.506 e. The Morgan fingerprint density at radius 2 is 1.69 bits per heavy atom. The average Bonchev–Trinajstić information content (AvgIpc) is 3.26. The van der Waals surface area contributed by atoms with Crippen LogP contribution in [0.25, 0.3) is 22.0 Å². The monoisotopic (exact) mass is 852 g/mol. The third kappa shape index (κ3) is 12.3. The van der Waals surface area contributed by atoms with Gasteiger partial charge in [0.2, 0.25) is 17.4 Å². The van der Waals surface area contributed by atoms with E-state index in [1.165, 1.54) is 19.2 Å². The zero-order valence-corrected chi connectivity index (χ0v) is 35.2. The number of H-pyrrole nitrogens is 1. The highest BCUT2D eigenvalue weighted by molar-refractivity contribution is 6.33. The molecule has 15 heteroatoms. The summed E-state index contributed by atoms with van der Waals surface area (Å²) in [6, 6.07) is 26.8. The van der Waals surface area contributed by atoms with Crippen LogP contribution in [0.5, 0.6) is 11.5 Å². The summed E-state index contributed by atoms with van der Waals surface area (Å²) >= 11 is 6.56. The van der Waals surface area contributed by atoms with E-state index >= 15 is 0 Å². The SMILES string of the molecule is COc1cc(NC(=O)CCCCN(C)C(=O)CCN2CCC(OC(=O)Nc3ccccc3-c3ccccc3)CC2)c(Cl)cc1CNC[C@@H](O)c1ccc(O)c2[nH]c(=O)ccc12. The van der Waals surface area contributed by atoms with Crippen molar-refractivity contribution in [1.29, 1.82) is 0 Å². The number of fused-ring (bicyclic) bond motifs is 1. The molecule has 1 atom stereocenters. The number of phenolic OH excluding ortho intramolecular Hbond substituents is 1. The molecule has 1 fully saturated rings. The average molecular weight is 853 g/mol. The summed E-state index contributed by atoms with van der Waals surface area (Å²) in [4.78, 5) is 56.8. The number of benzene rings is 4. The number of aromatic nitrogens is 1. The minimum atomic E-state index is -0.944. The minimum Gasteiger partial charge on any atom is -0.506 e. The number of pyridine rings is 1. The predicted octanol–water partition coefficient (Wildman–Crippen LogP) is 7.06. The van der Waals surface area contributed by atoms with Crippen molar-refractivity contribution in [2.24, 2.45) is 0 Å². The van der Waals surface area contributed by atoms with Crippen molar-refractivity contribution in [3.63, 3.8) is 0 Å². The molecule has 1 aliphatic heterocycles. The van der Waals surface area contributed by atoms with Gasteiger partial charge >= 0.3 is 6.09 Å². The summed E-state index contributed by atoms with van der Waals surface area (Å²) in [5, 5.41) is 30.9. The van der Waals surface area contributed by atoms with Crippen molar-refractivity contribution < 1.29 is 34.1 Å². The molecular weight excluding hydrogens is 800 g/mol. The summed E-state index contributed by atoms with van der Waals surface area (Å²) in [6.07, 6.45) is 1.63. The number of hydrogen-bond donors (Lipinski definition) is 6. The number of aromatic amines is 1. The summed E-state index contributed by atoms with van der Waals surface area (Å²) in [6.45, 7) is 3.07. The number of methoxy groups -OCH3 is 1. The molecule has 0 radical (unpaired) electrons. The van der Waals surface area contributed by atoms with E-state index in [9.17, 15) is 29.4 Å². The molecular formula is C46H53ClN6O8. The number of aromatic hydroxyl groups is 1. The Labute approximate surface area is 359 Å². The first-order valence-corrected chi connectivity index (χ1v) is 20.8. The van der Waals surface area contributed by atoms with Crippen molar-refractivity contribution in [3.8, 4) is 22.6 Å². The molecule has 61 heavy (non-hydrogen) atoms. The van der Waals surface area contributed by atoms with E-state index in [0.29, 0.717) is 90.4 Å². The second-order valence-electron chi connectivity index (χ2n) is 15.1. The van der Waals surface area contributed by atoms with Crippen LogP contribution >= 0.6 is 11.6 Å². The van der Waals surface area contributed by atoms with Crippen LogP contribution in [0.3, 0.4) is 0 Å². The normalized spacial score (nSPS) is 13.7. The van der Waals surface area contributed by atoms with Crippen LogP contribution < -0.4 is 26.2 Å². The Hall–Kier alpha value is -5.93. The second kappa shape index (κ2) is 21.5. The molecule has 2 heterocycles. The number of anilines is 2. The van der Waals surface area contributed by atoms with Crippen LogP contribution in [-0.2, 0) is 20.9 Å². The number of aliphatic hydroxyl groups excluding tert-OH is 1. The van der Waals surface area contributed by atoms with Gasteiger partial charge in [-0.2, -0.15) is 0 Å². The number of amides is 3. The number of aliphatic hydroxyl groups is 1. The Balaban J connectivity index is 0.859. The van der Waals surface area contributed by atoms with Crippen LogP contribution in [-0.4, -0.2) is 95.9 Å². The number of unbranched alkanes of at least 4 members (excludes halogenated alkanes) is 1. The van der Waals surface area contributed by atoms with E-state index in [1.807, 2.05) is 54.6 Å². The fourth-order valence-corrected chi connectivity index (χ4v) is 7.67. The van der Waals surface area contributed by atoms with Crippen LogP contribution in [0.4, 0.5) is 16.2 Å². The van der Waals surface area contributed by atoms with E-state index in [1.54, 1.807) is 36.2 Å². The first kappa shape index (κ1) is 44.6. The van der Waals surface area contributed by atoms with Gasteiger partial charge in [-0.25, -0.2) is 4.79 Å². The van der Waals surface area contributed by atoms with E-state index in [2.05, 4.69) is 25.8 Å². The first-order valence-electron chi connectivity index (χ1n) is 20.5. The van der Waals surface area contributed by atoms with E-state index in [4.69, 9.17) is 21.1 Å². The van der Waals surface area contributed by atoms with Gasteiger partial charge in [-0.15, -0.1) is 0 Å². The Bertz CT molecular complexity index is 2350. The second-order valence-corrected chi connectivity index (χ2v) is 15.5. The summed E-state index contributed by atoms with van der Waals surface area (Å²) in [7, 11) is 3.29. The predicted molar refractivity (Wildman–Crippen MR) is 237 cm³/mol. The number of carbonyl (C=O) groups excluding carboxylic acids is 3. The molecule has 0 saturated carbocycles. The van der Waals surface area contributed by atoms with Gasteiger partial charge in [0.1, 0.15) is 17.6 Å². The van der Waals surface area contributed by atoms with Crippen molar-refractivity contribution >= 4 is 51.8 Å². The van der Waals surface area contributed by atoms with Crippen LogP contribution in [0.2, 0.25) is 5.02 Å². The molecule has 4 aromatic carbocycles. The zero-order chi connectivity index (χ0) is 43.3. The van der Waals surface area contributed by atoms with Gasteiger partial charge in [0.05, 0.1) is 35.1 Å². The molecule has 0 unspecified atom stereocenters. The van der Waals surface area contributed by atoms with E-state index < -0.39 is 12.2 Å². The zero-order valence-electron chi connectivity index (χ0n) is 34.4. The third-order valence-electron chi connectivity index (χ3n) is 10.8. The van der Waals surface area contributed by atoms with Crippen LogP contribution in [0.1, 0.15) is 55.8 Å². The molecule has 322 valence electrons. The van der Waals surface area contributed by atoms with Crippen LogP contribution in [0.15, 0.2) is 95.8 Å². The van der Waals surface area contributed by atoms with Gasteiger partial charge < -0.3 is 45.1 Å². The van der Waals surface area contributed by atoms with E-state index in [-0.39, 0.29) is 47.7 Å². The highest BCUT2D eigenvalue weighted by atomic mass is 35.5. The van der Waals surface area contributed by atoms with Gasteiger partial charge in [-0.1, -0.05) is 66.2 Å².